The average Bonchev–Trinajstić information content (AvgIpc) is 2.52. The van der Waals surface area contributed by atoms with Crippen LogP contribution in [0.25, 0.3) is 0 Å². The number of nitro benzene ring substituents is 1. The van der Waals surface area contributed by atoms with E-state index in [1.54, 1.807) is 28.9 Å². The zero-order valence-electron chi connectivity index (χ0n) is 13.6. The van der Waals surface area contributed by atoms with Crippen LogP contribution in [-0.2, 0) is 4.79 Å². The van der Waals surface area contributed by atoms with Crippen molar-refractivity contribution in [2.24, 2.45) is 5.92 Å². The van der Waals surface area contributed by atoms with Crippen molar-refractivity contribution in [1.82, 2.24) is 9.80 Å². The number of hydrogen-bond donors (Lipinski definition) is 0. The van der Waals surface area contributed by atoms with E-state index in [0.717, 1.165) is 0 Å². The van der Waals surface area contributed by atoms with E-state index >= 15 is 0 Å². The third-order valence-electron chi connectivity index (χ3n) is 4.02. The van der Waals surface area contributed by atoms with Gasteiger partial charge in [0.25, 0.3) is 11.6 Å². The fraction of sp³-hybridized carbons (Fsp3) is 0.500. The normalized spacial score (nSPS) is 15.0. The molecule has 1 aromatic rings. The second-order valence-electron chi connectivity index (χ2n) is 6.00. The first-order chi connectivity index (χ1) is 10.8. The van der Waals surface area contributed by atoms with Crippen molar-refractivity contribution in [3.63, 3.8) is 0 Å². The fourth-order valence-electron chi connectivity index (χ4n) is 2.74. The lowest BCUT2D eigenvalue weighted by Gasteiger charge is -2.35. The van der Waals surface area contributed by atoms with E-state index in [9.17, 15) is 19.7 Å². The highest BCUT2D eigenvalue weighted by Crippen LogP contribution is 2.25. The first-order valence-corrected chi connectivity index (χ1v) is 7.65. The molecule has 0 atom stereocenters. The average molecular weight is 319 g/mol. The summed E-state index contributed by atoms with van der Waals surface area (Å²) in [5, 5.41) is 11.2. The van der Waals surface area contributed by atoms with E-state index in [2.05, 4.69) is 0 Å². The van der Waals surface area contributed by atoms with Gasteiger partial charge in [-0.05, 0) is 13.0 Å². The molecule has 7 heteroatoms. The molecular weight excluding hydrogens is 298 g/mol. The lowest BCUT2D eigenvalue weighted by atomic mass is 10.1. The number of para-hydroxylation sites is 1. The number of piperazine rings is 1. The second-order valence-corrected chi connectivity index (χ2v) is 6.00. The molecular formula is C16H21N3O4. The van der Waals surface area contributed by atoms with E-state index in [1.165, 1.54) is 6.07 Å². The summed E-state index contributed by atoms with van der Waals surface area (Å²) in [5.74, 6) is -0.356. The Labute approximate surface area is 135 Å². The topological polar surface area (TPSA) is 83.8 Å². The van der Waals surface area contributed by atoms with Crippen molar-refractivity contribution in [1.29, 1.82) is 0 Å². The number of hydrogen-bond acceptors (Lipinski definition) is 4. The minimum Gasteiger partial charge on any atom is -0.339 e. The van der Waals surface area contributed by atoms with Gasteiger partial charge in [-0.3, -0.25) is 19.7 Å². The minimum absolute atomic E-state index is 0.0682. The van der Waals surface area contributed by atoms with E-state index in [-0.39, 0.29) is 29.0 Å². The van der Waals surface area contributed by atoms with Gasteiger partial charge in [-0.2, -0.15) is 0 Å². The highest BCUT2D eigenvalue weighted by Gasteiger charge is 2.30. The summed E-state index contributed by atoms with van der Waals surface area (Å²) < 4.78 is 0. The number of carbonyl (C=O) groups excluding carboxylic acids is 2. The summed E-state index contributed by atoms with van der Waals surface area (Å²) in [7, 11) is 0. The van der Waals surface area contributed by atoms with E-state index in [0.29, 0.717) is 31.7 Å². The van der Waals surface area contributed by atoms with Gasteiger partial charge in [-0.25, -0.2) is 0 Å². The first kappa shape index (κ1) is 16.9. The van der Waals surface area contributed by atoms with E-state index in [1.807, 2.05) is 13.8 Å². The Morgan fingerprint density at radius 1 is 1.13 bits per heavy atom. The van der Waals surface area contributed by atoms with Crippen molar-refractivity contribution in [2.75, 3.05) is 26.2 Å². The Morgan fingerprint density at radius 2 is 1.70 bits per heavy atom. The van der Waals surface area contributed by atoms with Crippen molar-refractivity contribution >= 4 is 17.5 Å². The second kappa shape index (κ2) is 6.76. The predicted molar refractivity (Wildman–Crippen MR) is 85.2 cm³/mol. The van der Waals surface area contributed by atoms with Crippen molar-refractivity contribution in [3.05, 3.63) is 39.4 Å². The summed E-state index contributed by atoms with van der Waals surface area (Å²) in [6, 6.07) is 4.75. The molecule has 23 heavy (non-hydrogen) atoms. The number of nitrogens with zero attached hydrogens (tertiary/aromatic N) is 3. The molecule has 1 aromatic carbocycles. The molecule has 0 N–H and O–H groups in total. The molecule has 2 rings (SSSR count). The van der Waals surface area contributed by atoms with Crippen LogP contribution in [0.1, 0.15) is 29.8 Å². The van der Waals surface area contributed by atoms with Crippen molar-refractivity contribution in [3.8, 4) is 0 Å². The van der Waals surface area contributed by atoms with Crippen LogP contribution in [0.5, 0.6) is 0 Å². The van der Waals surface area contributed by atoms with Gasteiger partial charge in [0.1, 0.15) is 5.56 Å². The summed E-state index contributed by atoms with van der Waals surface area (Å²) in [6.07, 6.45) is 0. The van der Waals surface area contributed by atoms with Crippen LogP contribution in [0.15, 0.2) is 18.2 Å². The Hall–Kier alpha value is -2.44. The van der Waals surface area contributed by atoms with Crippen LogP contribution >= 0.6 is 0 Å². The van der Waals surface area contributed by atoms with Crippen molar-refractivity contribution < 1.29 is 14.5 Å². The molecule has 0 saturated carbocycles. The highest BCUT2D eigenvalue weighted by molar-refractivity contribution is 5.98. The maximum atomic E-state index is 12.6. The van der Waals surface area contributed by atoms with Gasteiger partial charge in [-0.1, -0.05) is 26.0 Å². The maximum absolute atomic E-state index is 12.6. The van der Waals surface area contributed by atoms with Gasteiger partial charge in [0, 0.05) is 37.7 Å². The SMILES string of the molecule is Cc1cccc(C(=O)N2CCN(C(=O)C(C)C)CC2)c1[N+](=O)[O-]. The molecule has 0 radical (unpaired) electrons. The van der Waals surface area contributed by atoms with Crippen LogP contribution in [0.4, 0.5) is 5.69 Å². The Morgan fingerprint density at radius 3 is 2.22 bits per heavy atom. The van der Waals surface area contributed by atoms with Crippen LogP contribution in [0.3, 0.4) is 0 Å². The van der Waals surface area contributed by atoms with Gasteiger partial charge in [0.05, 0.1) is 4.92 Å². The van der Waals surface area contributed by atoms with Gasteiger partial charge >= 0.3 is 0 Å². The lowest BCUT2D eigenvalue weighted by Crippen LogP contribution is -2.51. The van der Waals surface area contributed by atoms with Gasteiger partial charge in [0.15, 0.2) is 0 Å². The predicted octanol–water partition coefficient (Wildman–Crippen LogP) is 1.84. The monoisotopic (exact) mass is 319 g/mol. The molecule has 2 amide bonds. The summed E-state index contributed by atoms with van der Waals surface area (Å²) in [6.45, 7) is 7.01. The molecule has 124 valence electrons. The molecule has 1 aliphatic heterocycles. The van der Waals surface area contributed by atoms with Gasteiger partial charge < -0.3 is 9.80 Å². The molecule has 0 aliphatic carbocycles. The molecule has 1 saturated heterocycles. The number of carbonyl (C=O) groups is 2. The quantitative estimate of drug-likeness (QED) is 0.628. The smallest absolute Gasteiger partial charge is 0.285 e. The molecule has 1 aliphatic rings. The lowest BCUT2D eigenvalue weighted by molar-refractivity contribution is -0.385. The molecule has 0 spiro atoms. The summed E-state index contributed by atoms with van der Waals surface area (Å²) in [5.41, 5.74) is 0.436. The molecule has 0 unspecified atom stereocenters. The third kappa shape index (κ3) is 3.49. The van der Waals surface area contributed by atoms with E-state index < -0.39 is 4.92 Å². The number of nitro groups is 1. The van der Waals surface area contributed by atoms with Crippen LogP contribution in [0, 0.1) is 23.0 Å². The summed E-state index contributed by atoms with van der Waals surface area (Å²) in [4.78, 5) is 38.6. The zero-order valence-corrected chi connectivity index (χ0v) is 13.6. The third-order valence-corrected chi connectivity index (χ3v) is 4.02. The van der Waals surface area contributed by atoms with Crippen LogP contribution in [0.2, 0.25) is 0 Å². The summed E-state index contributed by atoms with van der Waals surface area (Å²) >= 11 is 0. The Kier molecular flexibility index (Phi) is 4.98. The number of benzene rings is 1. The number of rotatable bonds is 3. The molecule has 7 nitrogen and oxygen atoms in total. The Balaban J connectivity index is 2.14. The number of amides is 2. The van der Waals surface area contributed by atoms with Crippen molar-refractivity contribution in [2.45, 2.75) is 20.8 Å². The van der Waals surface area contributed by atoms with Gasteiger partial charge in [-0.15, -0.1) is 0 Å². The molecule has 1 fully saturated rings. The zero-order chi connectivity index (χ0) is 17.1. The number of aryl methyl sites for hydroxylation is 1. The van der Waals surface area contributed by atoms with Crippen LogP contribution < -0.4 is 0 Å². The van der Waals surface area contributed by atoms with E-state index in [4.69, 9.17) is 0 Å². The molecule has 0 bridgehead atoms. The molecule has 0 aromatic heterocycles. The largest absolute Gasteiger partial charge is 0.339 e. The molecule has 1 heterocycles. The maximum Gasteiger partial charge on any atom is 0.285 e. The Bertz CT molecular complexity index is 634. The van der Waals surface area contributed by atoms with Crippen LogP contribution in [-0.4, -0.2) is 52.7 Å². The fourth-order valence-corrected chi connectivity index (χ4v) is 2.74. The minimum atomic E-state index is -0.513. The standard InChI is InChI=1S/C16H21N3O4/c1-11(2)15(20)17-7-9-18(10-8-17)16(21)13-6-4-5-12(3)14(13)19(22)23/h4-6,11H,7-10H2,1-3H3. The van der Waals surface area contributed by atoms with Gasteiger partial charge in [0.2, 0.25) is 5.91 Å². The first-order valence-electron chi connectivity index (χ1n) is 7.65. The highest BCUT2D eigenvalue weighted by atomic mass is 16.6.